The zero-order valence-electron chi connectivity index (χ0n) is 16.3. The van der Waals surface area contributed by atoms with Crippen molar-refractivity contribution in [1.29, 1.82) is 0 Å². The summed E-state index contributed by atoms with van der Waals surface area (Å²) >= 11 is 0. The molecule has 144 valence electrons. The van der Waals surface area contributed by atoms with Gasteiger partial charge in [0.05, 0.1) is 0 Å². The molecule has 0 amide bonds. The fraction of sp³-hybridized carbons (Fsp3) is 0.545. The lowest BCUT2D eigenvalue weighted by molar-refractivity contribution is 0.438. The van der Waals surface area contributed by atoms with E-state index in [-0.39, 0.29) is 0 Å². The summed E-state index contributed by atoms with van der Waals surface area (Å²) in [6.45, 7) is 4.68. The van der Waals surface area contributed by atoms with Crippen molar-refractivity contribution >= 4 is 23.1 Å². The number of aromatic nitrogens is 2. The fourth-order valence-electron chi connectivity index (χ4n) is 4.10. The van der Waals surface area contributed by atoms with Crippen molar-refractivity contribution in [3.05, 3.63) is 36.5 Å². The molecule has 0 radical (unpaired) electrons. The van der Waals surface area contributed by atoms with E-state index in [9.17, 15) is 0 Å². The minimum absolute atomic E-state index is 0.514. The molecule has 1 saturated heterocycles. The van der Waals surface area contributed by atoms with Gasteiger partial charge in [0.15, 0.2) is 0 Å². The molecule has 2 heterocycles. The summed E-state index contributed by atoms with van der Waals surface area (Å²) in [4.78, 5) is 11.5. The molecule has 0 spiro atoms. The van der Waals surface area contributed by atoms with Gasteiger partial charge in [0, 0.05) is 36.7 Å². The second-order valence-corrected chi connectivity index (χ2v) is 8.09. The summed E-state index contributed by atoms with van der Waals surface area (Å²) in [5, 5.41) is 6.90. The zero-order valence-corrected chi connectivity index (χ0v) is 16.3. The van der Waals surface area contributed by atoms with E-state index in [4.69, 9.17) is 0 Å². The molecule has 27 heavy (non-hydrogen) atoms. The molecule has 1 aromatic heterocycles. The van der Waals surface area contributed by atoms with Crippen LogP contribution in [-0.2, 0) is 0 Å². The average Bonchev–Trinajstić information content (AvgIpc) is 2.70. The zero-order chi connectivity index (χ0) is 18.5. The fourth-order valence-corrected chi connectivity index (χ4v) is 4.10. The van der Waals surface area contributed by atoms with Crippen molar-refractivity contribution in [1.82, 2.24) is 9.97 Å². The lowest BCUT2D eigenvalue weighted by Crippen LogP contribution is -2.32. The first-order chi connectivity index (χ1) is 13.3. The Morgan fingerprint density at radius 3 is 2.41 bits per heavy atom. The molecule has 1 aromatic carbocycles. The van der Waals surface area contributed by atoms with E-state index in [0.29, 0.717) is 6.04 Å². The van der Waals surface area contributed by atoms with E-state index in [0.717, 1.165) is 36.5 Å². The Morgan fingerprint density at radius 2 is 1.67 bits per heavy atom. The Hall–Kier alpha value is -2.30. The van der Waals surface area contributed by atoms with E-state index < -0.39 is 0 Å². The van der Waals surface area contributed by atoms with E-state index >= 15 is 0 Å². The smallest absolute Gasteiger partial charge is 0.224 e. The highest BCUT2D eigenvalue weighted by atomic mass is 15.2. The molecule has 0 bridgehead atoms. The second-order valence-electron chi connectivity index (χ2n) is 8.09. The molecule has 1 aliphatic heterocycles. The SMILES string of the molecule is CC1CCN(c2ccc(Nc3ccnc(NC4CCCCC4)n3)cc2)CC1. The largest absolute Gasteiger partial charge is 0.372 e. The van der Waals surface area contributed by atoms with Gasteiger partial charge in [-0.05, 0) is 61.9 Å². The molecule has 2 aromatic rings. The first-order valence-electron chi connectivity index (χ1n) is 10.5. The minimum Gasteiger partial charge on any atom is -0.372 e. The summed E-state index contributed by atoms with van der Waals surface area (Å²) in [5.41, 5.74) is 2.38. The molecule has 5 nitrogen and oxygen atoms in total. The van der Waals surface area contributed by atoms with Crippen LogP contribution in [0.25, 0.3) is 0 Å². The van der Waals surface area contributed by atoms with Crippen molar-refractivity contribution in [3.8, 4) is 0 Å². The lowest BCUT2D eigenvalue weighted by atomic mass is 9.96. The monoisotopic (exact) mass is 365 g/mol. The first-order valence-corrected chi connectivity index (χ1v) is 10.5. The molecule has 1 saturated carbocycles. The van der Waals surface area contributed by atoms with Gasteiger partial charge in [0.25, 0.3) is 0 Å². The molecular formula is C22H31N5. The standard InChI is InChI=1S/C22H31N5/c1-17-12-15-27(16-13-17)20-9-7-19(8-10-20)24-21-11-14-23-22(26-21)25-18-5-3-2-4-6-18/h7-11,14,17-18H,2-6,12-13,15-16H2,1H3,(H2,23,24,25,26). The van der Waals surface area contributed by atoms with Gasteiger partial charge in [-0.1, -0.05) is 26.2 Å². The Kier molecular flexibility index (Phi) is 5.75. The van der Waals surface area contributed by atoms with Crippen LogP contribution < -0.4 is 15.5 Å². The summed E-state index contributed by atoms with van der Waals surface area (Å²) in [5.74, 6) is 2.42. The van der Waals surface area contributed by atoms with Crippen molar-refractivity contribution < 1.29 is 0 Å². The molecule has 2 aliphatic rings. The van der Waals surface area contributed by atoms with Crippen LogP contribution in [-0.4, -0.2) is 29.1 Å². The number of hydrogen-bond donors (Lipinski definition) is 2. The Balaban J connectivity index is 1.36. The van der Waals surface area contributed by atoms with Crippen LogP contribution in [0.15, 0.2) is 36.5 Å². The van der Waals surface area contributed by atoms with Crippen LogP contribution in [0.5, 0.6) is 0 Å². The van der Waals surface area contributed by atoms with Crippen LogP contribution in [0.2, 0.25) is 0 Å². The topological polar surface area (TPSA) is 53.1 Å². The normalized spacial score (nSPS) is 19.1. The van der Waals surface area contributed by atoms with Gasteiger partial charge in [0.1, 0.15) is 5.82 Å². The van der Waals surface area contributed by atoms with Crippen LogP contribution in [0.4, 0.5) is 23.1 Å². The van der Waals surface area contributed by atoms with Crippen molar-refractivity contribution in [3.63, 3.8) is 0 Å². The van der Waals surface area contributed by atoms with E-state index in [2.05, 4.69) is 56.7 Å². The van der Waals surface area contributed by atoms with Gasteiger partial charge in [0.2, 0.25) is 5.95 Å². The summed E-state index contributed by atoms with van der Waals surface area (Å²) in [7, 11) is 0. The van der Waals surface area contributed by atoms with Crippen molar-refractivity contribution in [2.75, 3.05) is 28.6 Å². The van der Waals surface area contributed by atoms with E-state index in [1.807, 2.05) is 12.3 Å². The Morgan fingerprint density at radius 1 is 0.926 bits per heavy atom. The number of nitrogens with one attached hydrogen (secondary N) is 2. The molecule has 2 N–H and O–H groups in total. The van der Waals surface area contributed by atoms with Gasteiger partial charge < -0.3 is 15.5 Å². The maximum atomic E-state index is 4.64. The number of nitrogens with zero attached hydrogens (tertiary/aromatic N) is 3. The van der Waals surface area contributed by atoms with Gasteiger partial charge in [-0.3, -0.25) is 0 Å². The highest BCUT2D eigenvalue weighted by Crippen LogP contribution is 2.25. The van der Waals surface area contributed by atoms with E-state index in [1.54, 1.807) is 0 Å². The lowest BCUT2D eigenvalue weighted by Gasteiger charge is -2.32. The quantitative estimate of drug-likeness (QED) is 0.762. The van der Waals surface area contributed by atoms with Crippen molar-refractivity contribution in [2.24, 2.45) is 5.92 Å². The highest BCUT2D eigenvalue weighted by molar-refractivity contribution is 5.61. The van der Waals surface area contributed by atoms with Crippen LogP contribution >= 0.6 is 0 Å². The molecule has 2 fully saturated rings. The first kappa shape index (κ1) is 18.1. The summed E-state index contributed by atoms with van der Waals surface area (Å²) in [6.07, 6.45) is 10.8. The Labute approximate surface area is 162 Å². The van der Waals surface area contributed by atoms with E-state index in [1.165, 1.54) is 50.6 Å². The van der Waals surface area contributed by atoms with Crippen LogP contribution in [0.3, 0.4) is 0 Å². The minimum atomic E-state index is 0.514. The molecule has 0 atom stereocenters. The van der Waals surface area contributed by atoms with Crippen LogP contribution in [0, 0.1) is 5.92 Å². The predicted octanol–water partition coefficient (Wildman–Crippen LogP) is 5.20. The third-order valence-corrected chi connectivity index (χ3v) is 5.88. The maximum Gasteiger partial charge on any atom is 0.224 e. The molecule has 5 heteroatoms. The second kappa shape index (κ2) is 8.59. The van der Waals surface area contributed by atoms with Gasteiger partial charge in [-0.2, -0.15) is 4.98 Å². The average molecular weight is 366 g/mol. The number of rotatable bonds is 5. The maximum absolute atomic E-state index is 4.64. The third-order valence-electron chi connectivity index (χ3n) is 5.88. The number of piperidine rings is 1. The molecule has 1 aliphatic carbocycles. The molecule has 0 unspecified atom stereocenters. The number of hydrogen-bond acceptors (Lipinski definition) is 5. The summed E-state index contributed by atoms with van der Waals surface area (Å²) < 4.78 is 0. The van der Waals surface area contributed by atoms with Gasteiger partial charge >= 0.3 is 0 Å². The van der Waals surface area contributed by atoms with Crippen LogP contribution in [0.1, 0.15) is 51.9 Å². The molecular weight excluding hydrogens is 334 g/mol. The summed E-state index contributed by atoms with van der Waals surface area (Å²) in [6, 6.07) is 11.1. The highest BCUT2D eigenvalue weighted by Gasteiger charge is 2.16. The van der Waals surface area contributed by atoms with Gasteiger partial charge in [-0.15, -0.1) is 0 Å². The molecule has 4 rings (SSSR count). The third kappa shape index (κ3) is 4.90. The Bertz CT molecular complexity index is 716. The number of anilines is 4. The number of benzene rings is 1. The van der Waals surface area contributed by atoms with Crippen molar-refractivity contribution in [2.45, 2.75) is 57.9 Å². The predicted molar refractivity (Wildman–Crippen MR) is 113 cm³/mol. The van der Waals surface area contributed by atoms with Gasteiger partial charge in [-0.25, -0.2) is 4.98 Å².